The first-order valence-electron chi connectivity index (χ1n) is 6.92. The summed E-state index contributed by atoms with van der Waals surface area (Å²) in [5.74, 6) is 0. The lowest BCUT2D eigenvalue weighted by Crippen LogP contribution is -2.52. The number of hydrogen-bond acceptors (Lipinski definition) is 2. The third kappa shape index (κ3) is 3.21. The van der Waals surface area contributed by atoms with Gasteiger partial charge in [0.25, 0.3) is 0 Å². The summed E-state index contributed by atoms with van der Waals surface area (Å²) in [5, 5.41) is 7.64. The Morgan fingerprint density at radius 1 is 0.938 bits per heavy atom. The minimum Gasteiger partial charge on any atom is -0.311 e. The van der Waals surface area contributed by atoms with Gasteiger partial charge in [0.05, 0.1) is 0 Å². The molecule has 1 aliphatic carbocycles. The molecule has 1 atom stereocenters. The van der Waals surface area contributed by atoms with E-state index in [-0.39, 0.29) is 5.54 Å². The van der Waals surface area contributed by atoms with Crippen molar-refractivity contribution in [2.45, 2.75) is 89.4 Å². The molecule has 1 saturated carbocycles. The van der Waals surface area contributed by atoms with Gasteiger partial charge in [-0.25, -0.2) is 0 Å². The highest BCUT2D eigenvalue weighted by molar-refractivity contribution is 4.97. The lowest BCUT2D eigenvalue weighted by Gasteiger charge is -2.36. The highest BCUT2D eigenvalue weighted by Crippen LogP contribution is 2.29. The highest BCUT2D eigenvalue weighted by atomic mass is 15.1. The summed E-state index contributed by atoms with van der Waals surface area (Å²) >= 11 is 0. The molecule has 0 spiro atoms. The maximum Gasteiger partial charge on any atom is 0.0144 e. The Hall–Kier alpha value is -0.0800. The molecule has 0 aromatic heterocycles. The molecule has 2 rings (SSSR count). The molecule has 2 heteroatoms. The van der Waals surface area contributed by atoms with E-state index in [0.717, 1.165) is 12.1 Å². The minimum atomic E-state index is 0.265. The van der Waals surface area contributed by atoms with Crippen LogP contribution in [-0.4, -0.2) is 23.2 Å². The minimum absolute atomic E-state index is 0.265. The van der Waals surface area contributed by atoms with Gasteiger partial charge >= 0.3 is 0 Å². The summed E-state index contributed by atoms with van der Waals surface area (Å²) < 4.78 is 0. The van der Waals surface area contributed by atoms with Gasteiger partial charge in [0.2, 0.25) is 0 Å². The molecule has 0 radical (unpaired) electrons. The van der Waals surface area contributed by atoms with Crippen LogP contribution < -0.4 is 10.6 Å². The van der Waals surface area contributed by atoms with E-state index in [4.69, 9.17) is 0 Å². The highest BCUT2D eigenvalue weighted by Gasteiger charge is 2.35. The zero-order valence-corrected chi connectivity index (χ0v) is 11.4. The van der Waals surface area contributed by atoms with Crippen LogP contribution in [0.1, 0.15) is 66.2 Å². The van der Waals surface area contributed by atoms with E-state index < -0.39 is 0 Å². The molecule has 1 saturated heterocycles. The molecule has 94 valence electrons. The standard InChI is InChI=1S/C14H28N2/c1-13(2)9-8-12(10-14(3,4)16-13)15-11-6-5-7-11/h11-12,15-16H,5-10H2,1-4H3. The molecular formula is C14H28N2. The van der Waals surface area contributed by atoms with Crippen molar-refractivity contribution in [3.05, 3.63) is 0 Å². The van der Waals surface area contributed by atoms with Crippen molar-refractivity contribution in [1.82, 2.24) is 10.6 Å². The van der Waals surface area contributed by atoms with E-state index in [0.29, 0.717) is 5.54 Å². The van der Waals surface area contributed by atoms with Gasteiger partial charge in [0.15, 0.2) is 0 Å². The van der Waals surface area contributed by atoms with Crippen molar-refractivity contribution in [1.29, 1.82) is 0 Å². The van der Waals surface area contributed by atoms with Crippen molar-refractivity contribution < 1.29 is 0 Å². The quantitative estimate of drug-likeness (QED) is 0.753. The van der Waals surface area contributed by atoms with Crippen LogP contribution in [0.3, 0.4) is 0 Å². The van der Waals surface area contributed by atoms with Crippen LogP contribution in [0.15, 0.2) is 0 Å². The van der Waals surface area contributed by atoms with Crippen LogP contribution in [0, 0.1) is 0 Å². The van der Waals surface area contributed by atoms with Gasteiger partial charge in [-0.2, -0.15) is 0 Å². The topological polar surface area (TPSA) is 24.1 Å². The zero-order valence-electron chi connectivity index (χ0n) is 11.4. The second-order valence-electron chi connectivity index (χ2n) is 7.13. The Kier molecular flexibility index (Phi) is 3.33. The van der Waals surface area contributed by atoms with Crippen LogP contribution in [-0.2, 0) is 0 Å². The lowest BCUT2D eigenvalue weighted by molar-refractivity contribution is 0.248. The molecule has 1 heterocycles. The van der Waals surface area contributed by atoms with Gasteiger partial charge in [-0.05, 0) is 59.8 Å². The Morgan fingerprint density at radius 2 is 1.62 bits per heavy atom. The fourth-order valence-electron chi connectivity index (χ4n) is 3.33. The summed E-state index contributed by atoms with van der Waals surface area (Å²) in [6.45, 7) is 9.35. The van der Waals surface area contributed by atoms with E-state index >= 15 is 0 Å². The SMILES string of the molecule is CC1(C)CCC(NC2CCC2)CC(C)(C)N1. The third-order valence-corrected chi connectivity index (χ3v) is 4.13. The molecule has 1 aliphatic heterocycles. The molecule has 0 aromatic carbocycles. The predicted molar refractivity (Wildman–Crippen MR) is 69.7 cm³/mol. The molecule has 0 amide bonds. The normalized spacial score (nSPS) is 34.1. The molecule has 16 heavy (non-hydrogen) atoms. The van der Waals surface area contributed by atoms with Crippen LogP contribution in [0.2, 0.25) is 0 Å². The number of rotatable bonds is 2. The second kappa shape index (κ2) is 4.30. The van der Waals surface area contributed by atoms with Crippen molar-refractivity contribution in [3.8, 4) is 0 Å². The van der Waals surface area contributed by atoms with Crippen LogP contribution >= 0.6 is 0 Å². The molecule has 2 nitrogen and oxygen atoms in total. The van der Waals surface area contributed by atoms with Gasteiger partial charge in [-0.15, -0.1) is 0 Å². The van der Waals surface area contributed by atoms with Crippen molar-refractivity contribution >= 4 is 0 Å². The summed E-state index contributed by atoms with van der Waals surface area (Å²) in [4.78, 5) is 0. The monoisotopic (exact) mass is 224 g/mol. The van der Waals surface area contributed by atoms with Gasteiger partial charge in [0.1, 0.15) is 0 Å². The molecule has 2 fully saturated rings. The van der Waals surface area contributed by atoms with E-state index in [1.807, 2.05) is 0 Å². The maximum atomic E-state index is 3.85. The predicted octanol–water partition coefficient (Wildman–Crippen LogP) is 2.83. The Balaban J connectivity index is 1.94. The number of hydrogen-bond donors (Lipinski definition) is 2. The van der Waals surface area contributed by atoms with E-state index in [2.05, 4.69) is 38.3 Å². The van der Waals surface area contributed by atoms with Gasteiger partial charge in [-0.3, -0.25) is 0 Å². The summed E-state index contributed by atoms with van der Waals surface area (Å²) in [6.07, 6.45) is 8.08. The fraction of sp³-hybridized carbons (Fsp3) is 1.00. The second-order valence-corrected chi connectivity index (χ2v) is 7.13. The zero-order chi connectivity index (χ0) is 11.8. The molecular weight excluding hydrogens is 196 g/mol. The summed E-state index contributed by atoms with van der Waals surface area (Å²) in [7, 11) is 0. The first-order chi connectivity index (χ1) is 7.36. The Labute approximate surface area is 101 Å². The van der Waals surface area contributed by atoms with E-state index in [1.54, 1.807) is 0 Å². The Morgan fingerprint density at radius 3 is 2.19 bits per heavy atom. The lowest BCUT2D eigenvalue weighted by atomic mass is 9.89. The molecule has 2 N–H and O–H groups in total. The fourth-order valence-corrected chi connectivity index (χ4v) is 3.33. The first kappa shape index (κ1) is 12.4. The third-order valence-electron chi connectivity index (χ3n) is 4.13. The van der Waals surface area contributed by atoms with E-state index in [9.17, 15) is 0 Å². The van der Waals surface area contributed by atoms with Crippen LogP contribution in [0.4, 0.5) is 0 Å². The van der Waals surface area contributed by atoms with Gasteiger partial charge in [-0.1, -0.05) is 6.42 Å². The molecule has 2 aliphatic rings. The molecule has 0 aromatic rings. The molecule has 0 bridgehead atoms. The van der Waals surface area contributed by atoms with Gasteiger partial charge in [0, 0.05) is 23.2 Å². The van der Waals surface area contributed by atoms with Gasteiger partial charge < -0.3 is 10.6 Å². The first-order valence-corrected chi connectivity index (χ1v) is 6.92. The van der Waals surface area contributed by atoms with Crippen LogP contribution in [0.5, 0.6) is 0 Å². The Bertz CT molecular complexity index is 241. The average Bonchev–Trinajstić information content (AvgIpc) is 2.13. The number of nitrogens with one attached hydrogen (secondary N) is 2. The molecule has 1 unspecified atom stereocenters. The average molecular weight is 224 g/mol. The summed E-state index contributed by atoms with van der Waals surface area (Å²) in [5.41, 5.74) is 0.557. The summed E-state index contributed by atoms with van der Waals surface area (Å²) in [6, 6.07) is 1.54. The van der Waals surface area contributed by atoms with Crippen molar-refractivity contribution in [2.24, 2.45) is 0 Å². The smallest absolute Gasteiger partial charge is 0.0144 e. The van der Waals surface area contributed by atoms with Crippen molar-refractivity contribution in [3.63, 3.8) is 0 Å². The van der Waals surface area contributed by atoms with E-state index in [1.165, 1.54) is 38.5 Å². The van der Waals surface area contributed by atoms with Crippen molar-refractivity contribution in [2.75, 3.05) is 0 Å². The van der Waals surface area contributed by atoms with Crippen LogP contribution in [0.25, 0.3) is 0 Å². The maximum absolute atomic E-state index is 3.85. The largest absolute Gasteiger partial charge is 0.311 e.